The predicted molar refractivity (Wildman–Crippen MR) is 239 cm³/mol. The van der Waals surface area contributed by atoms with Gasteiger partial charge in [0.1, 0.15) is 16.7 Å². The largest absolute Gasteiger partial charge is 0.456 e. The predicted octanol–water partition coefficient (Wildman–Crippen LogP) is 13.0. The summed E-state index contributed by atoms with van der Waals surface area (Å²) in [6.07, 6.45) is 0. The number of nitrogens with zero attached hydrogens (tertiary/aromatic N) is 2. The van der Waals surface area contributed by atoms with E-state index in [1.807, 2.05) is 0 Å². The number of fused-ring (bicyclic) bond motifs is 15. The van der Waals surface area contributed by atoms with Crippen LogP contribution in [0, 0.1) is 0 Å². The molecule has 0 spiro atoms. The number of anilines is 3. The van der Waals surface area contributed by atoms with E-state index in [4.69, 9.17) is 8.83 Å². The van der Waals surface area contributed by atoms with Gasteiger partial charge in [0.05, 0.1) is 22.3 Å². The third-order valence-electron chi connectivity index (χ3n) is 12.7. The fourth-order valence-electron chi connectivity index (χ4n) is 10.2. The first-order valence-corrected chi connectivity index (χ1v) is 19.9. The van der Waals surface area contributed by atoms with Crippen molar-refractivity contribution in [2.45, 2.75) is 26.2 Å². The van der Waals surface area contributed by atoms with Crippen LogP contribution >= 0.6 is 0 Å². The molecule has 0 unspecified atom stereocenters. The van der Waals surface area contributed by atoms with Crippen molar-refractivity contribution in [2.75, 3.05) is 4.90 Å². The lowest BCUT2D eigenvalue weighted by molar-refractivity contribution is 0.590. The fraction of sp³-hybridized carbons (Fsp3) is 0.0769. The maximum Gasteiger partial charge on any atom is 0.333 e. The molecule has 11 aromatic rings. The van der Waals surface area contributed by atoms with E-state index in [1.54, 1.807) is 0 Å². The summed E-state index contributed by atoms with van der Waals surface area (Å²) >= 11 is 0. The van der Waals surface area contributed by atoms with Gasteiger partial charge in [0.15, 0.2) is 5.58 Å². The van der Waals surface area contributed by atoms with Gasteiger partial charge in [-0.25, -0.2) is 0 Å². The molecule has 0 radical (unpaired) electrons. The minimum Gasteiger partial charge on any atom is -0.456 e. The zero-order valence-electron chi connectivity index (χ0n) is 31.8. The van der Waals surface area contributed by atoms with Crippen molar-refractivity contribution >= 4 is 101 Å². The van der Waals surface area contributed by atoms with E-state index in [1.165, 1.54) is 60.7 Å². The van der Waals surface area contributed by atoms with Gasteiger partial charge in [-0.2, -0.15) is 0 Å². The lowest BCUT2D eigenvalue weighted by Crippen LogP contribution is -2.56. The smallest absolute Gasteiger partial charge is 0.333 e. The fourth-order valence-corrected chi connectivity index (χ4v) is 10.2. The molecule has 5 heterocycles. The van der Waals surface area contributed by atoms with Gasteiger partial charge >= 0.3 is 6.85 Å². The molecule has 2 aliphatic rings. The van der Waals surface area contributed by atoms with Crippen LogP contribution < -0.4 is 15.8 Å². The van der Waals surface area contributed by atoms with Gasteiger partial charge < -0.3 is 18.2 Å². The molecule has 3 aromatic heterocycles. The van der Waals surface area contributed by atoms with Crippen LogP contribution in [-0.4, -0.2) is 11.3 Å². The average Bonchev–Trinajstić information content (AvgIpc) is 3.91. The molecule has 0 amide bonds. The van der Waals surface area contributed by atoms with Crippen LogP contribution in [0.15, 0.2) is 167 Å². The summed E-state index contributed by atoms with van der Waals surface area (Å²) in [6, 6.07) is 57.7. The van der Waals surface area contributed by atoms with Crippen molar-refractivity contribution in [1.29, 1.82) is 0 Å². The molecule has 0 aliphatic carbocycles. The van der Waals surface area contributed by atoms with E-state index in [0.717, 1.165) is 60.8 Å². The Labute approximate surface area is 329 Å². The number of para-hydroxylation sites is 3. The first-order chi connectivity index (χ1) is 27.9. The van der Waals surface area contributed by atoms with E-state index in [9.17, 15) is 0 Å². The van der Waals surface area contributed by atoms with Crippen LogP contribution in [0.3, 0.4) is 0 Å². The molecule has 5 heteroatoms. The van der Waals surface area contributed by atoms with E-state index in [-0.39, 0.29) is 12.3 Å². The SMILES string of the molecule is CC(C)(C)c1ccc(N2c3cc4ccccc4c4c3B(c3ccc5oc6ccccc6c5c32)n2c3c-4cccc3c3oc4ccccc4c32)c(-c2ccccc2)c1. The van der Waals surface area contributed by atoms with Crippen molar-refractivity contribution in [1.82, 2.24) is 4.48 Å². The Morgan fingerprint density at radius 2 is 1.25 bits per heavy atom. The quantitative estimate of drug-likeness (QED) is 0.166. The molecule has 0 bridgehead atoms. The average molecular weight is 731 g/mol. The molecule has 13 rings (SSSR count). The van der Waals surface area contributed by atoms with Crippen molar-refractivity contribution in [3.8, 4) is 22.3 Å². The summed E-state index contributed by atoms with van der Waals surface area (Å²) < 4.78 is 16.1. The molecule has 57 heavy (non-hydrogen) atoms. The second kappa shape index (κ2) is 10.9. The zero-order chi connectivity index (χ0) is 37.7. The van der Waals surface area contributed by atoms with Gasteiger partial charge in [-0.05, 0) is 92.3 Å². The lowest BCUT2D eigenvalue weighted by atomic mass is 9.44. The van der Waals surface area contributed by atoms with Gasteiger partial charge in [0, 0.05) is 38.5 Å². The molecule has 0 saturated carbocycles. The Kier molecular flexibility index (Phi) is 5.96. The summed E-state index contributed by atoms with van der Waals surface area (Å²) in [6.45, 7) is 6.75. The van der Waals surface area contributed by atoms with E-state index >= 15 is 0 Å². The number of benzene rings is 8. The highest BCUT2D eigenvalue weighted by atomic mass is 16.3. The highest BCUT2D eigenvalue weighted by molar-refractivity contribution is 6.91. The van der Waals surface area contributed by atoms with Gasteiger partial charge in [-0.1, -0.05) is 130 Å². The molecule has 0 saturated heterocycles. The van der Waals surface area contributed by atoms with Crippen molar-refractivity contribution < 1.29 is 8.83 Å². The molecular weight excluding hydrogens is 695 g/mol. The van der Waals surface area contributed by atoms with Crippen LogP contribution in [0.2, 0.25) is 0 Å². The van der Waals surface area contributed by atoms with Crippen molar-refractivity contribution in [2.24, 2.45) is 0 Å². The molecule has 4 nitrogen and oxygen atoms in total. The second-order valence-corrected chi connectivity index (χ2v) is 16.8. The molecule has 268 valence electrons. The maximum atomic E-state index is 6.81. The minimum atomic E-state index is -0.145. The third-order valence-corrected chi connectivity index (χ3v) is 12.7. The van der Waals surface area contributed by atoms with E-state index in [0.29, 0.717) is 0 Å². The van der Waals surface area contributed by atoms with E-state index in [2.05, 4.69) is 188 Å². The van der Waals surface area contributed by atoms with Gasteiger partial charge in [0.2, 0.25) is 0 Å². The van der Waals surface area contributed by atoms with Crippen LogP contribution in [-0.2, 0) is 5.41 Å². The number of hydrogen-bond acceptors (Lipinski definition) is 3. The minimum absolute atomic E-state index is 0.0364. The van der Waals surface area contributed by atoms with E-state index < -0.39 is 0 Å². The Morgan fingerprint density at radius 3 is 2.07 bits per heavy atom. The Morgan fingerprint density at radius 1 is 0.526 bits per heavy atom. The molecule has 0 atom stereocenters. The highest BCUT2D eigenvalue weighted by Gasteiger charge is 2.45. The Hall–Kier alpha value is -6.98. The number of furan rings is 2. The first kappa shape index (κ1) is 31.3. The monoisotopic (exact) mass is 730 g/mol. The third kappa shape index (κ3) is 4.03. The Bertz CT molecular complexity index is 3530. The Balaban J connectivity index is 1.27. The lowest BCUT2D eigenvalue weighted by Gasteiger charge is -2.42. The summed E-state index contributed by atoms with van der Waals surface area (Å²) in [5.41, 5.74) is 18.1. The first-order valence-electron chi connectivity index (χ1n) is 19.9. The number of hydrogen-bond donors (Lipinski definition) is 0. The summed E-state index contributed by atoms with van der Waals surface area (Å²) in [5, 5.41) is 6.97. The summed E-state index contributed by atoms with van der Waals surface area (Å²) in [7, 11) is 0. The van der Waals surface area contributed by atoms with Crippen molar-refractivity contribution in [3.05, 3.63) is 163 Å². The summed E-state index contributed by atoms with van der Waals surface area (Å²) in [4.78, 5) is 2.58. The van der Waals surface area contributed by atoms with Gasteiger partial charge in [-0.15, -0.1) is 0 Å². The molecular formula is C52H35BN2O2. The molecule has 0 fully saturated rings. The van der Waals surface area contributed by atoms with Crippen LogP contribution in [0.5, 0.6) is 0 Å². The molecule has 8 aromatic carbocycles. The number of aromatic nitrogens is 1. The normalized spacial score (nSPS) is 13.5. The van der Waals surface area contributed by atoms with Gasteiger partial charge in [0.25, 0.3) is 0 Å². The molecule has 0 N–H and O–H groups in total. The zero-order valence-corrected chi connectivity index (χ0v) is 31.8. The summed E-state index contributed by atoms with van der Waals surface area (Å²) in [5.74, 6) is 0. The van der Waals surface area contributed by atoms with Gasteiger partial charge in [-0.3, -0.25) is 0 Å². The van der Waals surface area contributed by atoms with Crippen LogP contribution in [0.25, 0.3) is 87.9 Å². The standard InChI is InChI=1S/C52H35BN2O2/c1-52(2,3)32-24-26-40(38(29-32)30-14-5-4-6-15-30)54-41-28-31-16-7-8-17-33(31)45-36-20-13-21-37-48(36)55(49-35-19-10-12-23-43(35)57-51(37)49)53(47(41)45)39-25-27-44-46(50(39)54)34-18-9-11-22-42(34)56-44/h4-29H,1-3H3. The van der Waals surface area contributed by atoms with Crippen LogP contribution in [0.1, 0.15) is 26.3 Å². The number of rotatable bonds is 2. The highest BCUT2D eigenvalue weighted by Crippen LogP contribution is 2.52. The topological polar surface area (TPSA) is 34.5 Å². The van der Waals surface area contributed by atoms with Crippen LogP contribution in [0.4, 0.5) is 17.1 Å². The maximum absolute atomic E-state index is 6.81. The molecule has 2 aliphatic heterocycles. The van der Waals surface area contributed by atoms with Crippen molar-refractivity contribution in [3.63, 3.8) is 0 Å². The second-order valence-electron chi connectivity index (χ2n) is 16.8.